The molecule has 0 aliphatic carbocycles. The molecule has 0 spiro atoms. The van der Waals surface area contributed by atoms with Crippen LogP contribution in [0.4, 0.5) is 0 Å². The summed E-state index contributed by atoms with van der Waals surface area (Å²) >= 11 is 6.02. The topological polar surface area (TPSA) is 64.9 Å². The van der Waals surface area contributed by atoms with E-state index in [0.29, 0.717) is 23.7 Å². The minimum atomic E-state index is -0.0263. The van der Waals surface area contributed by atoms with Crippen LogP contribution in [0.5, 0.6) is 0 Å². The van der Waals surface area contributed by atoms with Gasteiger partial charge in [-0.25, -0.2) is 0 Å². The van der Waals surface area contributed by atoms with E-state index in [2.05, 4.69) is 10.6 Å². The van der Waals surface area contributed by atoms with Crippen LogP contribution in [0.3, 0.4) is 0 Å². The van der Waals surface area contributed by atoms with E-state index >= 15 is 0 Å². The molecule has 0 unspecified atom stereocenters. The molecule has 0 fully saturated rings. The summed E-state index contributed by atoms with van der Waals surface area (Å²) < 4.78 is 0. The summed E-state index contributed by atoms with van der Waals surface area (Å²) in [6, 6.07) is 7.14. The van der Waals surface area contributed by atoms with E-state index in [0.717, 1.165) is 12.0 Å². The molecular weight excluding hydrogens is 250 g/mol. The molecule has 4 nitrogen and oxygen atoms in total. The van der Waals surface area contributed by atoms with Gasteiger partial charge in [-0.2, -0.15) is 5.26 Å². The smallest absolute Gasteiger partial charge is 0.233 e. The standard InChI is InChI=1S/C13H16ClN3O/c1-2-5-17-13(18)9-16-8-11-4-3-10(7-15)6-12(11)14/h3-4,6,16H,2,5,8-9H2,1H3,(H,17,18). The summed E-state index contributed by atoms with van der Waals surface area (Å²) in [6.07, 6.45) is 0.924. The number of nitriles is 1. The maximum atomic E-state index is 11.3. The fourth-order valence-electron chi connectivity index (χ4n) is 1.40. The van der Waals surface area contributed by atoms with E-state index in [4.69, 9.17) is 16.9 Å². The molecule has 1 aromatic rings. The van der Waals surface area contributed by atoms with Crippen LogP contribution in [0.15, 0.2) is 18.2 Å². The number of hydrogen-bond acceptors (Lipinski definition) is 3. The van der Waals surface area contributed by atoms with Gasteiger partial charge in [0.25, 0.3) is 0 Å². The Hall–Kier alpha value is -1.57. The molecule has 2 N–H and O–H groups in total. The van der Waals surface area contributed by atoms with Crippen LogP contribution < -0.4 is 10.6 Å². The van der Waals surface area contributed by atoms with Gasteiger partial charge in [-0.3, -0.25) is 4.79 Å². The number of halogens is 1. The molecule has 1 rings (SSSR count). The Labute approximate surface area is 112 Å². The van der Waals surface area contributed by atoms with Gasteiger partial charge >= 0.3 is 0 Å². The Balaban J connectivity index is 2.40. The summed E-state index contributed by atoms with van der Waals surface area (Å²) in [5, 5.41) is 15.0. The molecular formula is C13H16ClN3O. The minimum Gasteiger partial charge on any atom is -0.355 e. The second kappa shape index (κ2) is 7.70. The van der Waals surface area contributed by atoms with Crippen molar-refractivity contribution in [1.82, 2.24) is 10.6 Å². The molecule has 0 aliphatic rings. The van der Waals surface area contributed by atoms with E-state index in [9.17, 15) is 4.79 Å². The Morgan fingerprint density at radius 1 is 1.50 bits per heavy atom. The highest BCUT2D eigenvalue weighted by Crippen LogP contribution is 2.17. The van der Waals surface area contributed by atoms with Crippen molar-refractivity contribution in [3.8, 4) is 6.07 Å². The number of benzene rings is 1. The first-order valence-electron chi connectivity index (χ1n) is 5.83. The van der Waals surface area contributed by atoms with Crippen molar-refractivity contribution >= 4 is 17.5 Å². The lowest BCUT2D eigenvalue weighted by Gasteiger charge is -2.07. The number of nitrogens with zero attached hydrogens (tertiary/aromatic N) is 1. The Morgan fingerprint density at radius 3 is 2.89 bits per heavy atom. The normalized spacial score (nSPS) is 9.83. The summed E-state index contributed by atoms with van der Waals surface area (Å²) in [6.45, 7) is 3.46. The van der Waals surface area contributed by atoms with Gasteiger partial charge in [0.05, 0.1) is 18.2 Å². The monoisotopic (exact) mass is 265 g/mol. The van der Waals surface area contributed by atoms with Gasteiger partial charge in [0.2, 0.25) is 5.91 Å². The molecule has 1 amide bonds. The first-order valence-corrected chi connectivity index (χ1v) is 6.21. The average Bonchev–Trinajstić information content (AvgIpc) is 2.38. The average molecular weight is 266 g/mol. The SMILES string of the molecule is CCCNC(=O)CNCc1ccc(C#N)cc1Cl. The highest BCUT2D eigenvalue weighted by molar-refractivity contribution is 6.31. The minimum absolute atomic E-state index is 0.0263. The molecule has 5 heteroatoms. The van der Waals surface area contributed by atoms with E-state index in [1.165, 1.54) is 0 Å². The molecule has 0 saturated heterocycles. The van der Waals surface area contributed by atoms with E-state index in [1.807, 2.05) is 13.0 Å². The number of hydrogen-bond donors (Lipinski definition) is 2. The molecule has 0 aliphatic heterocycles. The molecule has 0 atom stereocenters. The Morgan fingerprint density at radius 2 is 2.28 bits per heavy atom. The van der Waals surface area contributed by atoms with Crippen LogP contribution in [0, 0.1) is 11.3 Å². The molecule has 18 heavy (non-hydrogen) atoms. The van der Waals surface area contributed by atoms with Crippen molar-refractivity contribution in [3.05, 3.63) is 34.3 Å². The van der Waals surface area contributed by atoms with Crippen LogP contribution in [-0.4, -0.2) is 19.0 Å². The zero-order valence-electron chi connectivity index (χ0n) is 10.3. The second-order valence-corrected chi connectivity index (χ2v) is 4.28. The van der Waals surface area contributed by atoms with Crippen molar-refractivity contribution in [2.45, 2.75) is 19.9 Å². The van der Waals surface area contributed by atoms with Gasteiger partial charge in [-0.15, -0.1) is 0 Å². The van der Waals surface area contributed by atoms with Crippen molar-refractivity contribution in [2.75, 3.05) is 13.1 Å². The van der Waals surface area contributed by atoms with Crippen LogP contribution >= 0.6 is 11.6 Å². The van der Waals surface area contributed by atoms with Gasteiger partial charge in [-0.1, -0.05) is 24.6 Å². The van der Waals surface area contributed by atoms with Gasteiger partial charge in [0.15, 0.2) is 0 Å². The lowest BCUT2D eigenvalue weighted by Crippen LogP contribution is -2.33. The van der Waals surface area contributed by atoms with Gasteiger partial charge < -0.3 is 10.6 Å². The molecule has 0 aromatic heterocycles. The Bertz CT molecular complexity index is 454. The number of amides is 1. The molecule has 0 radical (unpaired) electrons. The zero-order valence-corrected chi connectivity index (χ0v) is 11.0. The zero-order chi connectivity index (χ0) is 13.4. The van der Waals surface area contributed by atoms with Crippen molar-refractivity contribution in [3.63, 3.8) is 0 Å². The number of carbonyl (C=O) groups is 1. The van der Waals surface area contributed by atoms with Crippen LogP contribution in [0.2, 0.25) is 5.02 Å². The third-order valence-electron chi connectivity index (χ3n) is 2.36. The van der Waals surface area contributed by atoms with E-state index in [1.54, 1.807) is 18.2 Å². The molecule has 96 valence electrons. The quantitative estimate of drug-likeness (QED) is 0.825. The lowest BCUT2D eigenvalue weighted by molar-refractivity contribution is -0.120. The molecule has 1 aromatic carbocycles. The van der Waals surface area contributed by atoms with Crippen molar-refractivity contribution < 1.29 is 4.79 Å². The van der Waals surface area contributed by atoms with Crippen LogP contribution in [0.1, 0.15) is 24.5 Å². The van der Waals surface area contributed by atoms with E-state index in [-0.39, 0.29) is 12.5 Å². The maximum Gasteiger partial charge on any atom is 0.233 e. The number of carbonyl (C=O) groups excluding carboxylic acids is 1. The number of nitrogens with one attached hydrogen (secondary N) is 2. The lowest BCUT2D eigenvalue weighted by atomic mass is 10.1. The third kappa shape index (κ3) is 4.74. The predicted octanol–water partition coefficient (Wildman–Crippen LogP) is 1.83. The third-order valence-corrected chi connectivity index (χ3v) is 2.71. The predicted molar refractivity (Wildman–Crippen MR) is 71.2 cm³/mol. The second-order valence-electron chi connectivity index (χ2n) is 3.87. The Kier molecular flexibility index (Phi) is 6.20. The fraction of sp³-hybridized carbons (Fsp3) is 0.385. The highest BCUT2D eigenvalue weighted by atomic mass is 35.5. The highest BCUT2D eigenvalue weighted by Gasteiger charge is 2.03. The summed E-state index contributed by atoms with van der Waals surface area (Å²) in [7, 11) is 0. The molecule has 0 bridgehead atoms. The van der Waals surface area contributed by atoms with Gasteiger partial charge in [0, 0.05) is 18.1 Å². The van der Waals surface area contributed by atoms with Gasteiger partial charge in [-0.05, 0) is 24.1 Å². The van der Waals surface area contributed by atoms with Crippen LogP contribution in [0.25, 0.3) is 0 Å². The van der Waals surface area contributed by atoms with Gasteiger partial charge in [0.1, 0.15) is 0 Å². The van der Waals surface area contributed by atoms with Crippen molar-refractivity contribution in [2.24, 2.45) is 0 Å². The van der Waals surface area contributed by atoms with Crippen molar-refractivity contribution in [1.29, 1.82) is 5.26 Å². The summed E-state index contributed by atoms with van der Waals surface area (Å²) in [4.78, 5) is 11.3. The maximum absolute atomic E-state index is 11.3. The van der Waals surface area contributed by atoms with E-state index < -0.39 is 0 Å². The molecule has 0 heterocycles. The largest absolute Gasteiger partial charge is 0.355 e. The molecule has 0 saturated carbocycles. The first-order chi connectivity index (χ1) is 8.67. The first kappa shape index (κ1) is 14.5. The summed E-state index contributed by atoms with van der Waals surface area (Å²) in [5.74, 6) is -0.0263. The summed E-state index contributed by atoms with van der Waals surface area (Å²) in [5.41, 5.74) is 1.41. The fourth-order valence-corrected chi connectivity index (χ4v) is 1.65. The van der Waals surface area contributed by atoms with Crippen LogP contribution in [-0.2, 0) is 11.3 Å². The number of rotatable bonds is 6.